The Bertz CT molecular complexity index is 975. The fourth-order valence-corrected chi connectivity index (χ4v) is 3.57. The second-order valence-electron chi connectivity index (χ2n) is 6.83. The summed E-state index contributed by atoms with van der Waals surface area (Å²) < 4.78 is 4.75. The molecule has 27 heavy (non-hydrogen) atoms. The van der Waals surface area contributed by atoms with Crippen LogP contribution in [0.1, 0.15) is 17.8 Å². The van der Waals surface area contributed by atoms with Crippen LogP contribution in [0, 0.1) is 13.8 Å². The number of nitrogens with zero attached hydrogens (tertiary/aromatic N) is 2. The van der Waals surface area contributed by atoms with E-state index in [9.17, 15) is 0 Å². The molecule has 2 heterocycles. The summed E-state index contributed by atoms with van der Waals surface area (Å²) >= 11 is 0. The van der Waals surface area contributed by atoms with Gasteiger partial charge in [-0.2, -0.15) is 0 Å². The van der Waals surface area contributed by atoms with Gasteiger partial charge in [-0.25, -0.2) is 9.13 Å². The Morgan fingerprint density at radius 2 is 0.963 bits per heavy atom. The number of fused-ring (bicyclic) bond motifs is 2. The van der Waals surface area contributed by atoms with Crippen molar-refractivity contribution in [3.8, 4) is 0 Å². The van der Waals surface area contributed by atoms with Gasteiger partial charge in [-0.1, -0.05) is 36.4 Å². The minimum Gasteiger partial charge on any atom is -1.00 e. The molecule has 0 amide bonds. The number of hydrogen-bond donors (Lipinski definition) is 0. The molecular formula is C23H24Br2N2. The quantitative estimate of drug-likeness (QED) is 0.303. The van der Waals surface area contributed by atoms with Gasteiger partial charge in [-0.3, -0.25) is 0 Å². The van der Waals surface area contributed by atoms with Gasteiger partial charge in [0.1, 0.15) is 0 Å². The molecule has 0 aliphatic heterocycles. The van der Waals surface area contributed by atoms with Crippen molar-refractivity contribution in [2.24, 2.45) is 0 Å². The molecule has 0 atom stereocenters. The van der Waals surface area contributed by atoms with Crippen LogP contribution in [0.4, 0.5) is 0 Å². The first-order valence-electron chi connectivity index (χ1n) is 8.98. The topological polar surface area (TPSA) is 7.76 Å². The Morgan fingerprint density at radius 1 is 0.593 bits per heavy atom. The van der Waals surface area contributed by atoms with Gasteiger partial charge in [0.25, 0.3) is 0 Å². The fourth-order valence-electron chi connectivity index (χ4n) is 3.57. The molecule has 0 saturated carbocycles. The molecule has 0 spiro atoms. The zero-order valence-corrected chi connectivity index (χ0v) is 18.9. The summed E-state index contributed by atoms with van der Waals surface area (Å²) in [7, 11) is 0. The smallest absolute Gasteiger partial charge is 0.178 e. The van der Waals surface area contributed by atoms with E-state index in [-0.39, 0.29) is 34.0 Å². The van der Waals surface area contributed by atoms with E-state index in [4.69, 9.17) is 0 Å². The highest BCUT2D eigenvalue weighted by atomic mass is 79.9. The van der Waals surface area contributed by atoms with Gasteiger partial charge < -0.3 is 34.0 Å². The number of hydrogen-bond acceptors (Lipinski definition) is 0. The average molecular weight is 488 g/mol. The van der Waals surface area contributed by atoms with Crippen LogP contribution in [0.3, 0.4) is 0 Å². The monoisotopic (exact) mass is 486 g/mol. The third-order valence-corrected chi connectivity index (χ3v) is 5.01. The minimum absolute atomic E-state index is 0. The summed E-state index contributed by atoms with van der Waals surface area (Å²) in [5, 5.41) is 5.25. The average Bonchev–Trinajstić information content (AvgIpc) is 2.62. The summed E-state index contributed by atoms with van der Waals surface area (Å²) in [6.07, 6.45) is 5.68. The van der Waals surface area contributed by atoms with Gasteiger partial charge in [0.2, 0.25) is 0 Å². The van der Waals surface area contributed by atoms with Crippen LogP contribution in [-0.4, -0.2) is 0 Å². The summed E-state index contributed by atoms with van der Waals surface area (Å²) in [4.78, 5) is 0. The summed E-state index contributed by atoms with van der Waals surface area (Å²) in [5.41, 5.74) is 2.64. The third kappa shape index (κ3) is 4.74. The van der Waals surface area contributed by atoms with E-state index in [1.807, 2.05) is 0 Å². The number of benzene rings is 2. The van der Waals surface area contributed by atoms with E-state index >= 15 is 0 Å². The maximum Gasteiger partial charge on any atom is 0.178 e. The highest BCUT2D eigenvalue weighted by Crippen LogP contribution is 2.13. The number of rotatable bonds is 4. The van der Waals surface area contributed by atoms with E-state index in [0.717, 1.165) is 19.5 Å². The molecule has 2 nitrogen and oxygen atoms in total. The number of aryl methyl sites for hydroxylation is 4. The maximum absolute atomic E-state index is 2.37. The molecule has 2 aromatic carbocycles. The lowest BCUT2D eigenvalue weighted by Gasteiger charge is -2.04. The molecule has 2 aromatic heterocycles. The van der Waals surface area contributed by atoms with Gasteiger partial charge >= 0.3 is 0 Å². The molecule has 140 valence electrons. The highest BCUT2D eigenvalue weighted by Gasteiger charge is 2.12. The van der Waals surface area contributed by atoms with E-state index in [0.29, 0.717) is 0 Å². The number of pyridine rings is 2. The molecule has 0 radical (unpaired) electrons. The second-order valence-corrected chi connectivity index (χ2v) is 6.83. The normalized spacial score (nSPS) is 10.4. The van der Waals surface area contributed by atoms with Crippen LogP contribution < -0.4 is 43.1 Å². The van der Waals surface area contributed by atoms with Crippen molar-refractivity contribution < 1.29 is 43.1 Å². The van der Waals surface area contributed by atoms with Crippen LogP contribution in [0.25, 0.3) is 21.5 Å². The molecule has 4 heteroatoms. The highest BCUT2D eigenvalue weighted by molar-refractivity contribution is 5.81. The molecule has 0 aliphatic carbocycles. The Morgan fingerprint density at radius 3 is 1.37 bits per heavy atom. The van der Waals surface area contributed by atoms with Crippen LogP contribution >= 0.6 is 0 Å². The fraction of sp³-hybridized carbons (Fsp3) is 0.217. The predicted molar refractivity (Wildman–Crippen MR) is 102 cm³/mol. The van der Waals surface area contributed by atoms with E-state index in [1.54, 1.807) is 0 Å². The van der Waals surface area contributed by atoms with Crippen LogP contribution in [-0.2, 0) is 13.1 Å². The Labute approximate surface area is 182 Å². The van der Waals surface area contributed by atoms with Crippen LogP contribution in [0.5, 0.6) is 0 Å². The van der Waals surface area contributed by atoms with Gasteiger partial charge in [-0.05, 0) is 22.9 Å². The molecule has 4 rings (SSSR count). The minimum atomic E-state index is 0. The van der Waals surface area contributed by atoms with Gasteiger partial charge in [0, 0.05) is 36.8 Å². The SMILES string of the molecule is Cc1cc2ccccc2c[n+]1CCC[n+]1cc2ccccc2cc1C.[Br-].[Br-]. The summed E-state index contributed by atoms with van der Waals surface area (Å²) in [5.74, 6) is 0. The lowest BCUT2D eigenvalue weighted by molar-refractivity contribution is -0.731. The van der Waals surface area contributed by atoms with Crippen molar-refractivity contribution in [1.82, 2.24) is 0 Å². The summed E-state index contributed by atoms with van der Waals surface area (Å²) in [6.45, 7) is 6.47. The molecule has 0 aliphatic rings. The van der Waals surface area contributed by atoms with E-state index in [2.05, 4.69) is 96.0 Å². The molecule has 0 saturated heterocycles. The molecule has 0 fully saturated rings. The first-order valence-corrected chi connectivity index (χ1v) is 8.98. The maximum atomic E-state index is 2.37. The van der Waals surface area contributed by atoms with Crippen molar-refractivity contribution in [1.29, 1.82) is 0 Å². The van der Waals surface area contributed by atoms with Gasteiger partial charge in [-0.15, -0.1) is 0 Å². The summed E-state index contributed by atoms with van der Waals surface area (Å²) in [6, 6.07) is 21.7. The standard InChI is InChI=1S/C23H24N2.2BrH/c1-18-14-20-8-3-5-10-22(20)16-24(18)12-7-13-25-17-23-11-6-4-9-21(23)15-19(25)2;;/h3-6,8-11,14-17H,7,12-13H2,1-2H3;2*1H/q+2;;/p-2. The van der Waals surface area contributed by atoms with Crippen LogP contribution in [0.2, 0.25) is 0 Å². The van der Waals surface area contributed by atoms with Crippen molar-refractivity contribution in [2.45, 2.75) is 33.4 Å². The molecular weight excluding hydrogens is 464 g/mol. The van der Waals surface area contributed by atoms with Crippen molar-refractivity contribution in [3.63, 3.8) is 0 Å². The largest absolute Gasteiger partial charge is 1.00 e. The Hall–Kier alpha value is -1.78. The van der Waals surface area contributed by atoms with Crippen molar-refractivity contribution in [2.75, 3.05) is 0 Å². The zero-order chi connectivity index (χ0) is 17.2. The first-order chi connectivity index (χ1) is 12.2. The van der Waals surface area contributed by atoms with E-state index < -0.39 is 0 Å². The molecule has 0 unspecified atom stereocenters. The van der Waals surface area contributed by atoms with Crippen molar-refractivity contribution >= 4 is 21.5 Å². The van der Waals surface area contributed by atoms with Crippen LogP contribution in [0.15, 0.2) is 73.1 Å². The molecule has 0 bridgehead atoms. The first kappa shape index (κ1) is 21.5. The lowest BCUT2D eigenvalue weighted by Crippen LogP contribution is -3.00. The Kier molecular flexibility index (Phi) is 7.51. The molecule has 4 aromatic rings. The zero-order valence-electron chi connectivity index (χ0n) is 15.7. The van der Waals surface area contributed by atoms with Gasteiger partial charge in [0.05, 0.1) is 6.42 Å². The van der Waals surface area contributed by atoms with Gasteiger partial charge in [0.15, 0.2) is 36.9 Å². The Balaban J connectivity index is 0.00000131. The third-order valence-electron chi connectivity index (χ3n) is 5.01. The predicted octanol–water partition coefficient (Wildman–Crippen LogP) is -1.72. The number of halogens is 2. The second kappa shape index (κ2) is 9.43. The van der Waals surface area contributed by atoms with Crippen molar-refractivity contribution in [3.05, 3.63) is 84.4 Å². The number of aromatic nitrogens is 2. The van der Waals surface area contributed by atoms with E-state index in [1.165, 1.54) is 32.9 Å². The lowest BCUT2D eigenvalue weighted by atomic mass is 10.1. The molecule has 0 N–H and O–H groups in total.